The Hall–Kier alpha value is -1.70. The summed E-state index contributed by atoms with van der Waals surface area (Å²) in [5.41, 5.74) is 1.58. The third-order valence-electron chi connectivity index (χ3n) is 3.75. The van der Waals surface area contributed by atoms with Crippen LogP contribution in [0.1, 0.15) is 20.8 Å². The van der Waals surface area contributed by atoms with E-state index >= 15 is 0 Å². The highest BCUT2D eigenvalue weighted by Crippen LogP contribution is 2.25. The molecule has 0 unspecified atom stereocenters. The number of sulfonamides is 1. The third-order valence-corrected chi connectivity index (χ3v) is 6.19. The fourth-order valence-electron chi connectivity index (χ4n) is 2.52. The number of rotatable bonds is 3. The first-order chi connectivity index (χ1) is 10.5. The zero-order valence-corrected chi connectivity index (χ0v) is 13.7. The minimum absolute atomic E-state index is 0.106. The molecule has 0 fully saturated rings. The summed E-state index contributed by atoms with van der Waals surface area (Å²) in [6.45, 7) is 1.25. The van der Waals surface area contributed by atoms with Crippen molar-refractivity contribution < 1.29 is 13.2 Å². The molecule has 7 heteroatoms. The largest absolute Gasteiger partial charge is 0.334 e. The Balaban J connectivity index is 1.86. The monoisotopic (exact) mass is 336 g/mol. The van der Waals surface area contributed by atoms with Crippen molar-refractivity contribution in [1.82, 2.24) is 9.62 Å². The van der Waals surface area contributed by atoms with Gasteiger partial charge in [0.2, 0.25) is 10.0 Å². The topological polar surface area (TPSA) is 66.5 Å². The number of nitrogens with zero attached hydrogens (tertiary/aromatic N) is 1. The molecule has 0 saturated heterocycles. The second-order valence-electron chi connectivity index (χ2n) is 5.08. The standard InChI is InChI=1S/C15H16N2O3S2/c1-16-22(19,20)13-4-2-3-11(9-13)15(18)17-7-5-14-12(10-17)6-8-21-14/h2-4,6,8-9,16H,5,7,10H2,1H3. The van der Waals surface area contributed by atoms with Crippen molar-refractivity contribution in [2.24, 2.45) is 0 Å². The van der Waals surface area contributed by atoms with Crippen LogP contribution in [-0.2, 0) is 23.0 Å². The summed E-state index contributed by atoms with van der Waals surface area (Å²) in [7, 11) is -2.19. The van der Waals surface area contributed by atoms with Crippen molar-refractivity contribution in [2.45, 2.75) is 17.9 Å². The highest BCUT2D eigenvalue weighted by molar-refractivity contribution is 7.89. The van der Waals surface area contributed by atoms with Gasteiger partial charge in [0.05, 0.1) is 4.90 Å². The van der Waals surface area contributed by atoms with Crippen LogP contribution in [-0.4, -0.2) is 32.8 Å². The molecule has 0 atom stereocenters. The van der Waals surface area contributed by atoms with Gasteiger partial charge in [0.1, 0.15) is 0 Å². The molecule has 0 saturated carbocycles. The van der Waals surface area contributed by atoms with Crippen molar-refractivity contribution in [1.29, 1.82) is 0 Å². The van der Waals surface area contributed by atoms with Crippen LogP contribution in [0.25, 0.3) is 0 Å². The van der Waals surface area contributed by atoms with Crippen molar-refractivity contribution in [3.63, 3.8) is 0 Å². The third kappa shape index (κ3) is 2.79. The Morgan fingerprint density at radius 2 is 2.14 bits per heavy atom. The van der Waals surface area contributed by atoms with Crippen molar-refractivity contribution in [3.05, 3.63) is 51.7 Å². The summed E-state index contributed by atoms with van der Waals surface area (Å²) in [5, 5.41) is 2.04. The number of carbonyl (C=O) groups is 1. The lowest BCUT2D eigenvalue weighted by Gasteiger charge is -2.27. The molecule has 1 aliphatic heterocycles. The van der Waals surface area contributed by atoms with Gasteiger partial charge in [0.15, 0.2) is 0 Å². The fraction of sp³-hybridized carbons (Fsp3) is 0.267. The molecule has 2 heterocycles. The van der Waals surface area contributed by atoms with E-state index in [1.165, 1.54) is 29.6 Å². The number of amides is 1. The number of nitrogens with one attached hydrogen (secondary N) is 1. The Labute approximate surface area is 133 Å². The second-order valence-corrected chi connectivity index (χ2v) is 7.97. The Morgan fingerprint density at radius 1 is 1.32 bits per heavy atom. The number of benzene rings is 1. The molecular formula is C15H16N2O3S2. The van der Waals surface area contributed by atoms with Gasteiger partial charge in [-0.1, -0.05) is 6.07 Å². The predicted molar refractivity (Wildman–Crippen MR) is 85.5 cm³/mol. The van der Waals surface area contributed by atoms with E-state index in [4.69, 9.17) is 0 Å². The van der Waals surface area contributed by atoms with E-state index in [9.17, 15) is 13.2 Å². The second kappa shape index (κ2) is 5.83. The molecular weight excluding hydrogens is 320 g/mol. The lowest BCUT2D eigenvalue weighted by atomic mass is 10.1. The van der Waals surface area contributed by atoms with Crippen LogP contribution in [0.3, 0.4) is 0 Å². The lowest BCUT2D eigenvalue weighted by Crippen LogP contribution is -2.35. The molecule has 1 aromatic heterocycles. The highest BCUT2D eigenvalue weighted by atomic mass is 32.2. The number of hydrogen-bond donors (Lipinski definition) is 1. The van der Waals surface area contributed by atoms with Crippen molar-refractivity contribution in [2.75, 3.05) is 13.6 Å². The van der Waals surface area contributed by atoms with Crippen LogP contribution in [0, 0.1) is 0 Å². The molecule has 0 aliphatic carbocycles. The maximum absolute atomic E-state index is 12.6. The minimum Gasteiger partial charge on any atom is -0.334 e. The average molecular weight is 336 g/mol. The minimum atomic E-state index is -3.54. The molecule has 0 radical (unpaired) electrons. The first-order valence-corrected chi connectivity index (χ1v) is 9.25. The number of hydrogen-bond acceptors (Lipinski definition) is 4. The number of thiophene rings is 1. The molecule has 1 N–H and O–H groups in total. The normalized spacial score (nSPS) is 14.7. The fourth-order valence-corrected chi connectivity index (χ4v) is 4.18. The van der Waals surface area contributed by atoms with Gasteiger partial charge in [-0.3, -0.25) is 4.79 Å². The molecule has 5 nitrogen and oxygen atoms in total. The molecule has 116 valence electrons. The van der Waals surface area contributed by atoms with Crippen molar-refractivity contribution >= 4 is 27.3 Å². The Kier molecular flexibility index (Phi) is 4.03. The van der Waals surface area contributed by atoms with E-state index in [-0.39, 0.29) is 10.8 Å². The molecule has 3 rings (SSSR count). The van der Waals surface area contributed by atoms with E-state index < -0.39 is 10.0 Å². The van der Waals surface area contributed by atoms with E-state index in [0.717, 1.165) is 6.42 Å². The average Bonchev–Trinajstić information content (AvgIpc) is 3.01. The SMILES string of the molecule is CNS(=O)(=O)c1cccc(C(=O)N2CCc3sccc3C2)c1. The van der Waals surface area contributed by atoms with E-state index in [0.29, 0.717) is 18.7 Å². The first kappa shape index (κ1) is 15.2. The van der Waals surface area contributed by atoms with Gasteiger partial charge in [-0.05, 0) is 48.7 Å². The summed E-state index contributed by atoms with van der Waals surface area (Å²) < 4.78 is 26.0. The molecule has 1 aliphatic rings. The van der Waals surface area contributed by atoms with Gasteiger partial charge in [-0.15, -0.1) is 11.3 Å². The summed E-state index contributed by atoms with van der Waals surface area (Å²) in [6, 6.07) is 8.20. The van der Waals surface area contributed by atoms with Crippen LogP contribution < -0.4 is 4.72 Å². The smallest absolute Gasteiger partial charge is 0.254 e. The Bertz CT molecular complexity index is 812. The summed E-state index contributed by atoms with van der Waals surface area (Å²) in [6.07, 6.45) is 0.854. The zero-order valence-electron chi connectivity index (χ0n) is 12.1. The van der Waals surface area contributed by atoms with Crippen LogP contribution in [0.2, 0.25) is 0 Å². The predicted octanol–water partition coefficient (Wildman–Crippen LogP) is 1.85. The van der Waals surface area contributed by atoms with Crippen LogP contribution in [0.5, 0.6) is 0 Å². The van der Waals surface area contributed by atoms with Gasteiger partial charge in [-0.2, -0.15) is 0 Å². The molecule has 0 bridgehead atoms. The van der Waals surface area contributed by atoms with E-state index in [1.54, 1.807) is 28.4 Å². The van der Waals surface area contributed by atoms with Crippen LogP contribution >= 0.6 is 11.3 Å². The summed E-state index contributed by atoms with van der Waals surface area (Å²) >= 11 is 1.72. The zero-order chi connectivity index (χ0) is 15.7. The highest BCUT2D eigenvalue weighted by Gasteiger charge is 2.23. The summed E-state index contributed by atoms with van der Waals surface area (Å²) in [5.74, 6) is -0.134. The first-order valence-electron chi connectivity index (χ1n) is 6.89. The van der Waals surface area contributed by atoms with Crippen LogP contribution in [0.15, 0.2) is 40.6 Å². The molecule has 1 amide bonds. The van der Waals surface area contributed by atoms with Crippen molar-refractivity contribution in [3.8, 4) is 0 Å². The Morgan fingerprint density at radius 3 is 2.91 bits per heavy atom. The molecule has 22 heavy (non-hydrogen) atoms. The maximum atomic E-state index is 12.6. The van der Waals surface area contributed by atoms with Gasteiger partial charge in [0.25, 0.3) is 5.91 Å². The lowest BCUT2D eigenvalue weighted by molar-refractivity contribution is 0.0735. The maximum Gasteiger partial charge on any atom is 0.254 e. The van der Waals surface area contributed by atoms with Gasteiger partial charge < -0.3 is 4.90 Å². The van der Waals surface area contributed by atoms with Gasteiger partial charge in [-0.25, -0.2) is 13.1 Å². The molecule has 0 spiro atoms. The molecule has 2 aromatic rings. The van der Waals surface area contributed by atoms with Gasteiger partial charge >= 0.3 is 0 Å². The summed E-state index contributed by atoms with van der Waals surface area (Å²) in [4.78, 5) is 15.8. The number of fused-ring (bicyclic) bond motifs is 1. The quantitative estimate of drug-likeness (QED) is 0.930. The number of carbonyl (C=O) groups excluding carboxylic acids is 1. The van der Waals surface area contributed by atoms with E-state index in [2.05, 4.69) is 4.72 Å². The van der Waals surface area contributed by atoms with Gasteiger partial charge in [0, 0.05) is 23.5 Å². The molecule has 1 aromatic carbocycles. The van der Waals surface area contributed by atoms with E-state index in [1.807, 2.05) is 11.4 Å². The van der Waals surface area contributed by atoms with Crippen LogP contribution in [0.4, 0.5) is 0 Å².